The zero-order valence-electron chi connectivity index (χ0n) is 13.3. The van der Waals surface area contributed by atoms with E-state index >= 15 is 0 Å². The summed E-state index contributed by atoms with van der Waals surface area (Å²) in [6.45, 7) is 8.53. The number of hydrogen-bond acceptors (Lipinski definition) is 3. The minimum absolute atomic E-state index is 0.109. The van der Waals surface area contributed by atoms with Crippen molar-refractivity contribution in [3.05, 3.63) is 34.9 Å². The molecule has 1 aliphatic rings. The first kappa shape index (κ1) is 16.5. The van der Waals surface area contributed by atoms with Crippen LogP contribution in [-0.4, -0.2) is 25.0 Å². The van der Waals surface area contributed by atoms with Gasteiger partial charge in [0.05, 0.1) is 17.6 Å². The second-order valence-electron chi connectivity index (χ2n) is 6.81. The normalized spacial score (nSPS) is 22.9. The van der Waals surface area contributed by atoms with Crippen LogP contribution in [0.2, 0.25) is 0 Å². The molecule has 4 heteroatoms. The van der Waals surface area contributed by atoms with Crippen molar-refractivity contribution in [1.29, 1.82) is 0 Å². The fourth-order valence-electron chi connectivity index (χ4n) is 3.05. The third kappa shape index (κ3) is 3.67. The van der Waals surface area contributed by atoms with E-state index < -0.39 is 15.9 Å². The van der Waals surface area contributed by atoms with Crippen LogP contribution < -0.4 is 0 Å². The molecule has 0 spiro atoms. The summed E-state index contributed by atoms with van der Waals surface area (Å²) in [5.41, 5.74) is 3.29. The number of aliphatic hydroxyl groups excluding tert-OH is 1. The van der Waals surface area contributed by atoms with Crippen molar-refractivity contribution < 1.29 is 13.5 Å². The molecule has 0 bridgehead atoms. The van der Waals surface area contributed by atoms with E-state index in [9.17, 15) is 13.5 Å². The van der Waals surface area contributed by atoms with E-state index in [0.29, 0.717) is 18.3 Å². The second-order valence-corrected chi connectivity index (χ2v) is 9.03. The van der Waals surface area contributed by atoms with Gasteiger partial charge in [-0.1, -0.05) is 45.9 Å². The Hall–Kier alpha value is -0.870. The molecular weight excluding hydrogens is 284 g/mol. The molecule has 1 aliphatic heterocycles. The molecule has 118 valence electrons. The van der Waals surface area contributed by atoms with Crippen molar-refractivity contribution in [2.75, 3.05) is 11.5 Å². The second kappa shape index (κ2) is 6.09. The molecule has 0 aliphatic carbocycles. The number of rotatable bonds is 4. The van der Waals surface area contributed by atoms with Gasteiger partial charge in [0.2, 0.25) is 0 Å². The molecule has 1 saturated heterocycles. The lowest BCUT2D eigenvalue weighted by Gasteiger charge is -2.23. The topological polar surface area (TPSA) is 54.4 Å². The zero-order chi connectivity index (χ0) is 15.8. The highest BCUT2D eigenvalue weighted by Crippen LogP contribution is 2.36. The first-order chi connectivity index (χ1) is 9.71. The highest BCUT2D eigenvalue weighted by atomic mass is 32.2. The number of benzene rings is 1. The van der Waals surface area contributed by atoms with Gasteiger partial charge in [0.25, 0.3) is 0 Å². The van der Waals surface area contributed by atoms with E-state index in [-0.39, 0.29) is 17.4 Å². The molecule has 3 nitrogen and oxygen atoms in total. The monoisotopic (exact) mass is 310 g/mol. The van der Waals surface area contributed by atoms with Gasteiger partial charge in [0.1, 0.15) is 0 Å². The van der Waals surface area contributed by atoms with Gasteiger partial charge < -0.3 is 5.11 Å². The Balaban J connectivity index is 2.34. The van der Waals surface area contributed by atoms with Crippen LogP contribution in [-0.2, 0) is 9.84 Å². The van der Waals surface area contributed by atoms with Crippen molar-refractivity contribution in [3.8, 4) is 0 Å². The molecule has 0 saturated carbocycles. The molecule has 2 atom stereocenters. The van der Waals surface area contributed by atoms with Gasteiger partial charge in [-0.05, 0) is 34.9 Å². The lowest BCUT2D eigenvalue weighted by Crippen LogP contribution is -2.16. The minimum atomic E-state index is -2.96. The fourth-order valence-corrected chi connectivity index (χ4v) is 4.88. The maximum atomic E-state index is 11.6. The van der Waals surface area contributed by atoms with Crippen molar-refractivity contribution >= 4 is 9.84 Å². The maximum Gasteiger partial charge on any atom is 0.150 e. The highest BCUT2D eigenvalue weighted by molar-refractivity contribution is 7.91. The smallest absolute Gasteiger partial charge is 0.150 e. The SMILES string of the molecule is CC(C)c1ccc(C(O)C2CCS(=O)(=O)C2)c(C(C)C)c1. The van der Waals surface area contributed by atoms with Gasteiger partial charge in [-0.2, -0.15) is 0 Å². The third-order valence-electron chi connectivity index (χ3n) is 4.43. The Morgan fingerprint density at radius 3 is 2.24 bits per heavy atom. The zero-order valence-corrected chi connectivity index (χ0v) is 14.2. The van der Waals surface area contributed by atoms with Crippen molar-refractivity contribution in [2.24, 2.45) is 5.92 Å². The predicted molar refractivity (Wildman–Crippen MR) is 86.3 cm³/mol. The van der Waals surface area contributed by atoms with E-state index in [1.54, 1.807) is 0 Å². The average Bonchev–Trinajstić information content (AvgIpc) is 2.77. The number of sulfone groups is 1. The quantitative estimate of drug-likeness (QED) is 0.927. The summed E-state index contributed by atoms with van der Waals surface area (Å²) in [4.78, 5) is 0. The van der Waals surface area contributed by atoms with Crippen molar-refractivity contribution in [3.63, 3.8) is 0 Å². The summed E-state index contributed by atoms with van der Waals surface area (Å²) >= 11 is 0. The Kier molecular flexibility index (Phi) is 4.79. The fraction of sp³-hybridized carbons (Fsp3) is 0.647. The summed E-state index contributed by atoms with van der Waals surface area (Å²) in [5, 5.41) is 10.6. The molecule has 0 radical (unpaired) electrons. The van der Waals surface area contributed by atoms with E-state index in [0.717, 1.165) is 11.1 Å². The highest BCUT2D eigenvalue weighted by Gasteiger charge is 2.34. The van der Waals surface area contributed by atoms with Gasteiger partial charge in [0, 0.05) is 5.92 Å². The summed E-state index contributed by atoms with van der Waals surface area (Å²) in [5.74, 6) is 0.900. The largest absolute Gasteiger partial charge is 0.388 e. The summed E-state index contributed by atoms with van der Waals surface area (Å²) in [6, 6.07) is 6.20. The molecule has 0 amide bonds. The van der Waals surface area contributed by atoms with Gasteiger partial charge >= 0.3 is 0 Å². The molecule has 1 aromatic rings. The predicted octanol–water partition coefficient (Wildman–Crippen LogP) is 3.40. The summed E-state index contributed by atoms with van der Waals surface area (Å²) in [6.07, 6.45) is -0.117. The molecule has 2 rings (SSSR count). The van der Waals surface area contributed by atoms with Crippen molar-refractivity contribution in [1.82, 2.24) is 0 Å². The molecule has 1 fully saturated rings. The van der Waals surface area contributed by atoms with Crippen LogP contribution in [0.5, 0.6) is 0 Å². The maximum absolute atomic E-state index is 11.6. The van der Waals surface area contributed by atoms with Crippen molar-refractivity contribution in [2.45, 2.75) is 52.1 Å². The van der Waals surface area contributed by atoms with Crippen LogP contribution in [0.4, 0.5) is 0 Å². The van der Waals surface area contributed by atoms with Gasteiger partial charge in [-0.25, -0.2) is 8.42 Å². The van der Waals surface area contributed by atoms with Gasteiger partial charge in [-0.3, -0.25) is 0 Å². The van der Waals surface area contributed by atoms with Gasteiger partial charge in [-0.15, -0.1) is 0 Å². The standard InChI is InChI=1S/C17H26O3S/c1-11(2)13-5-6-15(16(9-13)12(3)4)17(18)14-7-8-21(19,20)10-14/h5-6,9,11-12,14,17-18H,7-8,10H2,1-4H3. The molecule has 2 unspecified atom stereocenters. The molecule has 1 N–H and O–H groups in total. The van der Waals surface area contributed by atoms with Gasteiger partial charge in [0.15, 0.2) is 9.84 Å². The molecule has 1 aromatic carbocycles. The van der Waals surface area contributed by atoms with E-state index in [1.165, 1.54) is 5.56 Å². The van der Waals surface area contributed by atoms with Crippen LogP contribution in [0.15, 0.2) is 18.2 Å². The molecular formula is C17H26O3S. The van der Waals surface area contributed by atoms with Crippen LogP contribution >= 0.6 is 0 Å². The molecule has 1 heterocycles. The Bertz CT molecular complexity index is 602. The molecule has 21 heavy (non-hydrogen) atoms. The van der Waals surface area contributed by atoms with Crippen LogP contribution in [0, 0.1) is 5.92 Å². The lowest BCUT2D eigenvalue weighted by molar-refractivity contribution is 0.120. The first-order valence-corrected chi connectivity index (χ1v) is 9.55. The molecule has 0 aromatic heterocycles. The van der Waals surface area contributed by atoms with Crippen LogP contribution in [0.3, 0.4) is 0 Å². The first-order valence-electron chi connectivity index (χ1n) is 7.73. The summed E-state index contributed by atoms with van der Waals surface area (Å²) in [7, 11) is -2.96. The Morgan fingerprint density at radius 1 is 1.10 bits per heavy atom. The Morgan fingerprint density at radius 2 is 1.76 bits per heavy atom. The number of aliphatic hydroxyl groups is 1. The summed E-state index contributed by atoms with van der Waals surface area (Å²) < 4.78 is 23.3. The van der Waals surface area contributed by atoms with E-state index in [1.807, 2.05) is 6.07 Å². The van der Waals surface area contributed by atoms with Crippen LogP contribution in [0.1, 0.15) is 68.7 Å². The number of hydrogen-bond donors (Lipinski definition) is 1. The minimum Gasteiger partial charge on any atom is -0.388 e. The van der Waals surface area contributed by atoms with Crippen LogP contribution in [0.25, 0.3) is 0 Å². The average molecular weight is 310 g/mol. The Labute approximate surface area is 128 Å². The van der Waals surface area contributed by atoms with E-state index in [2.05, 4.69) is 39.8 Å². The van der Waals surface area contributed by atoms with E-state index in [4.69, 9.17) is 0 Å². The lowest BCUT2D eigenvalue weighted by atomic mass is 9.85. The third-order valence-corrected chi connectivity index (χ3v) is 6.23.